The highest BCUT2D eigenvalue weighted by Gasteiger charge is 2.40. The third-order valence-corrected chi connectivity index (χ3v) is 7.59. The van der Waals surface area contributed by atoms with E-state index in [2.05, 4.69) is 26.5 Å². The fourth-order valence-corrected chi connectivity index (χ4v) is 5.35. The second kappa shape index (κ2) is 10.5. The zero-order valence-corrected chi connectivity index (χ0v) is 17.3. The van der Waals surface area contributed by atoms with Gasteiger partial charge in [0.2, 0.25) is 0 Å². The fourth-order valence-electron chi connectivity index (χ4n) is 3.00. The molecule has 0 amide bonds. The number of hydrogen-bond acceptors (Lipinski definition) is 4. The molecule has 2 fully saturated rings. The number of ether oxygens (including phenoxy) is 2. The predicted molar refractivity (Wildman–Crippen MR) is 105 cm³/mol. The monoisotopic (exact) mass is 384 g/mol. The zero-order chi connectivity index (χ0) is 19.0. The number of allylic oxidation sites excluding steroid dienone is 4. The Hall–Kier alpha value is -0.750. The first kappa shape index (κ1) is 21.5. The van der Waals surface area contributed by atoms with E-state index in [1.54, 1.807) is 0 Å². The molecule has 0 N–H and O–H groups in total. The van der Waals surface area contributed by atoms with Gasteiger partial charge in [0.05, 0.1) is 33.0 Å². The maximum absolute atomic E-state index is 13.8. The van der Waals surface area contributed by atoms with Gasteiger partial charge in [0.15, 0.2) is 0 Å². The first-order chi connectivity index (χ1) is 12.5. The maximum atomic E-state index is 13.8. The lowest BCUT2D eigenvalue weighted by molar-refractivity contribution is 0.0378. The van der Waals surface area contributed by atoms with E-state index in [0.717, 1.165) is 12.0 Å². The Labute approximate surface area is 158 Å². The third kappa shape index (κ3) is 5.88. The van der Waals surface area contributed by atoms with E-state index in [1.807, 2.05) is 22.3 Å². The Kier molecular flexibility index (Phi) is 8.74. The van der Waals surface area contributed by atoms with Gasteiger partial charge in [-0.15, -0.1) is 0 Å². The number of nitrogens with zero attached hydrogens (tertiary/aromatic N) is 2. The fraction of sp³-hybridized carbons (Fsp3) is 0.684. The zero-order valence-electron chi connectivity index (χ0n) is 16.4. The molecule has 2 aliphatic heterocycles. The van der Waals surface area contributed by atoms with Gasteiger partial charge in [-0.3, -0.25) is 4.57 Å². The lowest BCUT2D eigenvalue weighted by atomic mass is 10.1. The van der Waals surface area contributed by atoms with E-state index in [-0.39, 0.29) is 0 Å². The summed E-state index contributed by atoms with van der Waals surface area (Å²) >= 11 is 0. The molecular formula is C19H33N2O4P. The molecular weight excluding hydrogens is 351 g/mol. The minimum Gasteiger partial charge on any atom is -0.379 e. The summed E-state index contributed by atoms with van der Waals surface area (Å²) in [6.45, 7) is 15.4. The van der Waals surface area contributed by atoms with Crippen molar-refractivity contribution < 1.29 is 18.6 Å². The number of rotatable bonds is 8. The van der Waals surface area contributed by atoms with Crippen molar-refractivity contribution in [3.63, 3.8) is 0 Å². The van der Waals surface area contributed by atoms with Crippen molar-refractivity contribution in [2.24, 2.45) is 0 Å². The van der Waals surface area contributed by atoms with Gasteiger partial charge in [0, 0.05) is 26.2 Å². The summed E-state index contributed by atoms with van der Waals surface area (Å²) in [5.74, 6) is 0. The maximum Gasteiger partial charge on any atom is 0.346 e. The van der Waals surface area contributed by atoms with Gasteiger partial charge < -0.3 is 14.0 Å². The average molecular weight is 384 g/mol. The second-order valence-corrected chi connectivity index (χ2v) is 9.14. The molecule has 26 heavy (non-hydrogen) atoms. The Bertz CT molecular complexity index is 554. The van der Waals surface area contributed by atoms with Crippen LogP contribution in [0.2, 0.25) is 0 Å². The lowest BCUT2D eigenvalue weighted by Crippen LogP contribution is -2.43. The number of hydrogen-bond donors (Lipinski definition) is 0. The van der Waals surface area contributed by atoms with Crippen molar-refractivity contribution in [2.75, 3.05) is 59.2 Å². The van der Waals surface area contributed by atoms with Gasteiger partial charge in [0.1, 0.15) is 0 Å². The molecule has 0 atom stereocenters. The van der Waals surface area contributed by atoms with Crippen LogP contribution in [0.4, 0.5) is 0 Å². The van der Waals surface area contributed by atoms with Crippen molar-refractivity contribution in [2.45, 2.75) is 27.2 Å². The first-order valence-corrected chi connectivity index (χ1v) is 10.9. The van der Waals surface area contributed by atoms with E-state index >= 15 is 0 Å². The molecule has 2 heterocycles. The van der Waals surface area contributed by atoms with Crippen molar-refractivity contribution >= 4 is 7.67 Å². The average Bonchev–Trinajstić information content (AvgIpc) is 2.68. The molecule has 0 aromatic carbocycles. The van der Waals surface area contributed by atoms with E-state index in [9.17, 15) is 4.57 Å². The van der Waals surface area contributed by atoms with E-state index in [0.29, 0.717) is 59.2 Å². The molecule has 7 heteroatoms. The molecule has 0 unspecified atom stereocenters. The van der Waals surface area contributed by atoms with Gasteiger partial charge in [-0.25, -0.2) is 9.34 Å². The van der Waals surface area contributed by atoms with Crippen molar-refractivity contribution in [3.05, 3.63) is 35.5 Å². The first-order valence-electron chi connectivity index (χ1n) is 9.35. The molecule has 0 bridgehead atoms. The van der Waals surface area contributed by atoms with Crippen molar-refractivity contribution in [1.82, 2.24) is 9.34 Å². The molecule has 0 radical (unpaired) electrons. The summed E-state index contributed by atoms with van der Waals surface area (Å²) in [5, 5.41) is 0. The summed E-state index contributed by atoms with van der Waals surface area (Å²) < 4.78 is 34.6. The quantitative estimate of drug-likeness (QED) is 0.470. The van der Waals surface area contributed by atoms with Crippen LogP contribution in [-0.2, 0) is 18.6 Å². The topological polar surface area (TPSA) is 51.2 Å². The normalized spacial score (nSPS) is 22.2. The van der Waals surface area contributed by atoms with E-state index in [1.165, 1.54) is 11.1 Å². The van der Waals surface area contributed by atoms with Gasteiger partial charge in [-0.1, -0.05) is 24.3 Å². The van der Waals surface area contributed by atoms with Crippen LogP contribution in [0.3, 0.4) is 0 Å². The summed E-state index contributed by atoms with van der Waals surface area (Å²) in [5.41, 5.74) is 3.57. The smallest absolute Gasteiger partial charge is 0.346 e. The Morgan fingerprint density at radius 2 is 1.50 bits per heavy atom. The highest BCUT2D eigenvalue weighted by atomic mass is 31.2. The SMILES string of the molecule is C=C/C(C)=C(C)\C=C(/C)CCOP(=O)(N1CCOCC1)N1CCOCC1. The van der Waals surface area contributed by atoms with Crippen LogP contribution < -0.4 is 0 Å². The molecule has 2 saturated heterocycles. The van der Waals surface area contributed by atoms with Crippen LogP contribution in [0.25, 0.3) is 0 Å². The van der Waals surface area contributed by atoms with E-state index < -0.39 is 7.67 Å². The Balaban J connectivity index is 2.01. The minimum absolute atomic E-state index is 0.439. The van der Waals surface area contributed by atoms with Crippen LogP contribution in [-0.4, -0.2) is 68.6 Å². The van der Waals surface area contributed by atoms with Crippen LogP contribution in [0.15, 0.2) is 35.5 Å². The molecule has 0 aromatic heterocycles. The standard InChI is InChI=1S/C19H33N2O4P/c1-5-18(3)19(4)16-17(2)6-11-25-26(22,20-7-12-23-13-8-20)21-9-14-24-15-10-21/h5,16H,1,6-15H2,2-4H3/b17-16+,19-18-. The largest absolute Gasteiger partial charge is 0.379 e. The summed E-state index contributed by atoms with van der Waals surface area (Å²) in [6, 6.07) is 0. The minimum atomic E-state index is -3.03. The van der Waals surface area contributed by atoms with Gasteiger partial charge >= 0.3 is 7.67 Å². The second-order valence-electron chi connectivity index (χ2n) is 6.77. The molecule has 148 valence electrons. The van der Waals surface area contributed by atoms with Gasteiger partial charge in [-0.05, 0) is 38.3 Å². The Morgan fingerprint density at radius 1 is 1.00 bits per heavy atom. The molecule has 6 nitrogen and oxygen atoms in total. The van der Waals surface area contributed by atoms with Crippen LogP contribution >= 0.6 is 7.67 Å². The molecule has 2 rings (SSSR count). The van der Waals surface area contributed by atoms with Crippen molar-refractivity contribution in [1.29, 1.82) is 0 Å². The van der Waals surface area contributed by atoms with Gasteiger partial charge in [-0.2, -0.15) is 0 Å². The number of morpholine rings is 2. The van der Waals surface area contributed by atoms with E-state index in [4.69, 9.17) is 14.0 Å². The molecule has 0 aliphatic carbocycles. The van der Waals surface area contributed by atoms with Crippen molar-refractivity contribution in [3.8, 4) is 0 Å². The highest BCUT2D eigenvalue weighted by molar-refractivity contribution is 7.54. The molecule has 0 spiro atoms. The summed E-state index contributed by atoms with van der Waals surface area (Å²) in [6.07, 6.45) is 4.76. The van der Waals surface area contributed by atoms with Gasteiger partial charge in [0.25, 0.3) is 0 Å². The molecule has 2 aliphatic rings. The molecule has 0 saturated carbocycles. The van der Waals surface area contributed by atoms with Crippen LogP contribution in [0.1, 0.15) is 27.2 Å². The summed E-state index contributed by atoms with van der Waals surface area (Å²) in [7, 11) is -3.03. The summed E-state index contributed by atoms with van der Waals surface area (Å²) in [4.78, 5) is 0. The molecule has 0 aromatic rings. The lowest BCUT2D eigenvalue weighted by Gasteiger charge is -2.41. The predicted octanol–water partition coefficient (Wildman–Crippen LogP) is 3.63. The third-order valence-electron chi connectivity index (χ3n) is 4.84. The highest BCUT2D eigenvalue weighted by Crippen LogP contribution is 2.54. The Morgan fingerprint density at radius 3 is 1.96 bits per heavy atom. The van der Waals surface area contributed by atoms with Crippen LogP contribution in [0.5, 0.6) is 0 Å². The van der Waals surface area contributed by atoms with Crippen LogP contribution in [0, 0.1) is 0 Å².